The second-order valence-electron chi connectivity index (χ2n) is 5.58. The third-order valence-electron chi connectivity index (χ3n) is 3.96. The van der Waals surface area contributed by atoms with Crippen LogP contribution < -0.4 is 14.8 Å². The molecule has 0 fully saturated rings. The van der Waals surface area contributed by atoms with E-state index in [1.807, 2.05) is 6.07 Å². The molecule has 0 aromatic heterocycles. The third kappa shape index (κ3) is 4.02. The first-order chi connectivity index (χ1) is 12.4. The predicted octanol–water partition coefficient (Wildman–Crippen LogP) is 2.93. The van der Waals surface area contributed by atoms with Crippen molar-refractivity contribution < 1.29 is 19.2 Å². The van der Waals surface area contributed by atoms with E-state index in [2.05, 4.69) is 5.32 Å². The van der Waals surface area contributed by atoms with E-state index in [1.165, 1.54) is 23.1 Å². The maximum atomic E-state index is 12.8. The molecule has 0 aliphatic heterocycles. The van der Waals surface area contributed by atoms with Crippen molar-refractivity contribution in [2.75, 3.05) is 33.6 Å². The lowest BCUT2D eigenvalue weighted by atomic mass is 10.1. The van der Waals surface area contributed by atoms with Gasteiger partial charge in [0.2, 0.25) is 0 Å². The van der Waals surface area contributed by atoms with E-state index in [9.17, 15) is 14.9 Å². The van der Waals surface area contributed by atoms with Crippen LogP contribution in [0.2, 0.25) is 0 Å². The minimum Gasteiger partial charge on any atom is -0.497 e. The van der Waals surface area contributed by atoms with E-state index in [0.29, 0.717) is 17.2 Å². The molecule has 2 rings (SSSR count). The van der Waals surface area contributed by atoms with Crippen molar-refractivity contribution in [2.24, 2.45) is 0 Å². The van der Waals surface area contributed by atoms with Gasteiger partial charge >= 0.3 is 0 Å². The molecule has 1 amide bonds. The number of methoxy groups -OCH3 is 2. The average Bonchev–Trinajstić information content (AvgIpc) is 2.66. The van der Waals surface area contributed by atoms with Crippen molar-refractivity contribution >= 4 is 17.3 Å². The van der Waals surface area contributed by atoms with E-state index in [1.54, 1.807) is 40.4 Å². The summed E-state index contributed by atoms with van der Waals surface area (Å²) in [5, 5.41) is 13.9. The third-order valence-corrected chi connectivity index (χ3v) is 3.96. The molecule has 8 heteroatoms. The predicted molar refractivity (Wildman–Crippen MR) is 98.0 cm³/mol. The summed E-state index contributed by atoms with van der Waals surface area (Å²) in [6, 6.07) is 9.48. The average molecular weight is 359 g/mol. The number of nitro benzene ring substituents is 1. The number of nitrogens with zero attached hydrogens (tertiary/aromatic N) is 2. The van der Waals surface area contributed by atoms with Gasteiger partial charge in [-0.3, -0.25) is 14.9 Å². The fourth-order valence-electron chi connectivity index (χ4n) is 2.56. The lowest BCUT2D eigenvalue weighted by Gasteiger charge is -2.20. The van der Waals surface area contributed by atoms with Crippen LogP contribution in [0.15, 0.2) is 36.4 Å². The standard InChI is InChI=1S/C18H21N3O5/c1-19-16-8-6-13(21(23)24)9-15(16)18(22)20(2)11-12-5-7-14(25-3)10-17(12)26-4/h5-10,19H,11H2,1-4H3. The van der Waals surface area contributed by atoms with Crippen molar-refractivity contribution in [2.45, 2.75) is 6.54 Å². The Morgan fingerprint density at radius 2 is 1.92 bits per heavy atom. The maximum Gasteiger partial charge on any atom is 0.270 e. The number of rotatable bonds is 7. The first-order valence-corrected chi connectivity index (χ1v) is 7.83. The SMILES string of the molecule is CNc1ccc([N+](=O)[O-])cc1C(=O)N(C)Cc1ccc(OC)cc1OC. The van der Waals surface area contributed by atoms with E-state index in [4.69, 9.17) is 9.47 Å². The summed E-state index contributed by atoms with van der Waals surface area (Å²) in [7, 11) is 6.39. The van der Waals surface area contributed by atoms with Crippen molar-refractivity contribution in [1.29, 1.82) is 0 Å². The number of benzene rings is 2. The zero-order valence-corrected chi connectivity index (χ0v) is 15.1. The Labute approximate surface area is 151 Å². The molecule has 8 nitrogen and oxygen atoms in total. The maximum absolute atomic E-state index is 12.8. The number of ether oxygens (including phenoxy) is 2. The summed E-state index contributed by atoms with van der Waals surface area (Å²) in [5.41, 5.74) is 1.41. The van der Waals surface area contributed by atoms with Crippen LogP contribution in [-0.2, 0) is 6.54 Å². The molecule has 138 valence electrons. The molecule has 0 atom stereocenters. The Bertz CT molecular complexity index is 822. The van der Waals surface area contributed by atoms with Crippen LogP contribution in [0.4, 0.5) is 11.4 Å². The van der Waals surface area contributed by atoms with Gasteiger partial charge in [0, 0.05) is 50.1 Å². The number of anilines is 1. The van der Waals surface area contributed by atoms with Crippen LogP contribution >= 0.6 is 0 Å². The zero-order valence-electron chi connectivity index (χ0n) is 15.1. The molecule has 1 N–H and O–H groups in total. The largest absolute Gasteiger partial charge is 0.497 e. The molecule has 0 bridgehead atoms. The summed E-state index contributed by atoms with van der Waals surface area (Å²) in [6.45, 7) is 0.276. The van der Waals surface area contributed by atoms with Crippen LogP contribution in [-0.4, -0.2) is 44.0 Å². The number of hydrogen-bond donors (Lipinski definition) is 1. The van der Waals surface area contributed by atoms with Gasteiger partial charge in [0.05, 0.1) is 24.7 Å². The van der Waals surface area contributed by atoms with E-state index < -0.39 is 4.92 Å². The molecule has 0 aliphatic carbocycles. The monoisotopic (exact) mass is 359 g/mol. The van der Waals surface area contributed by atoms with Crippen LogP contribution in [0.5, 0.6) is 11.5 Å². The highest BCUT2D eigenvalue weighted by molar-refractivity contribution is 6.00. The van der Waals surface area contributed by atoms with E-state index >= 15 is 0 Å². The molecule has 0 radical (unpaired) electrons. The fourth-order valence-corrected chi connectivity index (χ4v) is 2.56. The van der Waals surface area contributed by atoms with Gasteiger partial charge in [-0.05, 0) is 18.2 Å². The highest BCUT2D eigenvalue weighted by Gasteiger charge is 2.20. The number of amides is 1. The number of hydrogen-bond acceptors (Lipinski definition) is 6. The Morgan fingerprint density at radius 3 is 2.50 bits per heavy atom. The first kappa shape index (κ1) is 19.0. The van der Waals surface area contributed by atoms with Gasteiger partial charge in [-0.1, -0.05) is 0 Å². The van der Waals surface area contributed by atoms with Gasteiger partial charge in [0.15, 0.2) is 0 Å². The van der Waals surface area contributed by atoms with Gasteiger partial charge in [-0.2, -0.15) is 0 Å². The second-order valence-corrected chi connectivity index (χ2v) is 5.58. The Balaban J connectivity index is 2.30. The molecule has 0 heterocycles. The Hall–Kier alpha value is -3.29. The number of carbonyl (C=O) groups is 1. The van der Waals surface area contributed by atoms with Gasteiger partial charge in [0.1, 0.15) is 11.5 Å². The number of carbonyl (C=O) groups excluding carboxylic acids is 1. The van der Waals surface area contributed by atoms with Gasteiger partial charge in [-0.25, -0.2) is 0 Å². The first-order valence-electron chi connectivity index (χ1n) is 7.83. The summed E-state index contributed by atoms with van der Waals surface area (Å²) in [6.07, 6.45) is 0. The van der Waals surface area contributed by atoms with Gasteiger partial charge < -0.3 is 19.7 Å². The normalized spacial score (nSPS) is 10.2. The van der Waals surface area contributed by atoms with Crippen molar-refractivity contribution in [3.05, 3.63) is 57.6 Å². The summed E-state index contributed by atoms with van der Waals surface area (Å²) in [5.74, 6) is 0.906. The molecule has 2 aromatic rings. The topological polar surface area (TPSA) is 93.9 Å². The van der Waals surface area contributed by atoms with Crippen LogP contribution in [0, 0.1) is 10.1 Å². The summed E-state index contributed by atoms with van der Waals surface area (Å²) in [4.78, 5) is 24.8. The molecule has 0 spiro atoms. The lowest BCUT2D eigenvalue weighted by Crippen LogP contribution is -2.27. The number of non-ortho nitro benzene ring substituents is 1. The summed E-state index contributed by atoms with van der Waals surface area (Å²) < 4.78 is 10.5. The minimum absolute atomic E-state index is 0.136. The zero-order chi connectivity index (χ0) is 19.3. The molecular formula is C18H21N3O5. The molecule has 0 aliphatic rings. The summed E-state index contributed by atoms with van der Waals surface area (Å²) >= 11 is 0. The quantitative estimate of drug-likeness (QED) is 0.603. The molecule has 2 aromatic carbocycles. The highest BCUT2D eigenvalue weighted by atomic mass is 16.6. The highest BCUT2D eigenvalue weighted by Crippen LogP contribution is 2.27. The Morgan fingerprint density at radius 1 is 1.19 bits per heavy atom. The molecule has 0 unspecified atom stereocenters. The Kier molecular flexibility index (Phi) is 6.00. The molecule has 0 saturated carbocycles. The molecular weight excluding hydrogens is 338 g/mol. The van der Waals surface area contributed by atoms with Crippen molar-refractivity contribution in [3.8, 4) is 11.5 Å². The fraction of sp³-hybridized carbons (Fsp3) is 0.278. The van der Waals surface area contributed by atoms with Crippen LogP contribution in [0.25, 0.3) is 0 Å². The van der Waals surface area contributed by atoms with Crippen molar-refractivity contribution in [3.63, 3.8) is 0 Å². The lowest BCUT2D eigenvalue weighted by molar-refractivity contribution is -0.384. The van der Waals surface area contributed by atoms with Crippen LogP contribution in [0.3, 0.4) is 0 Å². The van der Waals surface area contributed by atoms with Gasteiger partial charge in [-0.15, -0.1) is 0 Å². The number of nitro groups is 1. The van der Waals surface area contributed by atoms with E-state index in [-0.39, 0.29) is 23.7 Å². The van der Waals surface area contributed by atoms with E-state index in [0.717, 1.165) is 5.56 Å². The van der Waals surface area contributed by atoms with Crippen LogP contribution in [0.1, 0.15) is 15.9 Å². The smallest absolute Gasteiger partial charge is 0.270 e. The number of nitrogens with one attached hydrogen (secondary N) is 1. The van der Waals surface area contributed by atoms with Crippen molar-refractivity contribution in [1.82, 2.24) is 4.90 Å². The second kappa shape index (κ2) is 8.19. The minimum atomic E-state index is -0.525. The molecule has 0 saturated heterocycles. The van der Waals surface area contributed by atoms with Gasteiger partial charge in [0.25, 0.3) is 11.6 Å². The molecule has 26 heavy (non-hydrogen) atoms.